The van der Waals surface area contributed by atoms with Crippen LogP contribution >= 0.6 is 11.3 Å². The topological polar surface area (TPSA) is 92.3 Å². The van der Waals surface area contributed by atoms with Crippen LogP contribution < -0.4 is 5.32 Å². The van der Waals surface area contributed by atoms with Gasteiger partial charge in [0.05, 0.1) is 11.8 Å². The smallest absolute Gasteiger partial charge is 0.249 e. The molecule has 2 fully saturated rings. The van der Waals surface area contributed by atoms with Crippen LogP contribution in [0.25, 0.3) is 0 Å². The van der Waals surface area contributed by atoms with E-state index < -0.39 is 6.04 Å². The summed E-state index contributed by atoms with van der Waals surface area (Å²) in [6, 6.07) is -0.788. The predicted octanol–water partition coefficient (Wildman–Crippen LogP) is 1.06. The van der Waals surface area contributed by atoms with Crippen molar-refractivity contribution in [1.29, 1.82) is 0 Å². The normalized spacial score (nSPS) is 32.5. The summed E-state index contributed by atoms with van der Waals surface area (Å²) in [5, 5.41) is 10.4. The summed E-state index contributed by atoms with van der Waals surface area (Å²) >= 11 is 1.20. The van der Waals surface area contributed by atoms with Crippen molar-refractivity contribution in [1.82, 2.24) is 15.1 Å². The fourth-order valence-corrected chi connectivity index (χ4v) is 4.58. The number of allylic oxidation sites excluding steroid dienone is 2. The second-order valence-corrected chi connectivity index (χ2v) is 7.04. The summed E-state index contributed by atoms with van der Waals surface area (Å²) in [7, 11) is 0. The molecule has 1 aliphatic heterocycles. The molecule has 7 nitrogen and oxygen atoms in total. The van der Waals surface area contributed by atoms with E-state index >= 15 is 0 Å². The number of rotatable bonds is 4. The second-order valence-electron chi connectivity index (χ2n) is 6.20. The maximum absolute atomic E-state index is 12.8. The molecule has 1 N–H and O–H groups in total. The average molecular weight is 332 g/mol. The minimum Gasteiger partial charge on any atom is -0.299 e. The molecular formula is C15H16N4O3S. The molecule has 0 aromatic carbocycles. The number of nitrogens with one attached hydrogen (secondary N) is 1. The minimum atomic E-state index is -0.788. The lowest BCUT2D eigenvalue weighted by Crippen LogP contribution is -2.48. The highest BCUT2D eigenvalue weighted by atomic mass is 32.1. The number of fused-ring (bicyclic) bond motifs is 5. The van der Waals surface area contributed by atoms with Gasteiger partial charge in [0, 0.05) is 0 Å². The molecular weight excluding hydrogens is 316 g/mol. The zero-order valence-corrected chi connectivity index (χ0v) is 13.3. The van der Waals surface area contributed by atoms with Crippen molar-refractivity contribution in [2.45, 2.75) is 25.8 Å². The van der Waals surface area contributed by atoms with Crippen LogP contribution in [0.15, 0.2) is 17.7 Å². The maximum Gasteiger partial charge on any atom is 0.249 e. The first-order valence-electron chi connectivity index (χ1n) is 7.74. The van der Waals surface area contributed by atoms with Gasteiger partial charge in [0.2, 0.25) is 22.9 Å². The third-order valence-corrected chi connectivity index (χ3v) is 5.70. The zero-order valence-electron chi connectivity index (χ0n) is 12.5. The van der Waals surface area contributed by atoms with Crippen molar-refractivity contribution in [3.8, 4) is 0 Å². The number of nitrogens with zero attached hydrogens (tertiary/aromatic N) is 3. The highest BCUT2D eigenvalue weighted by molar-refractivity contribution is 7.13. The zero-order chi connectivity index (χ0) is 16.1. The van der Waals surface area contributed by atoms with Crippen LogP contribution in [-0.4, -0.2) is 38.9 Å². The van der Waals surface area contributed by atoms with E-state index in [1.807, 2.05) is 12.2 Å². The monoisotopic (exact) mass is 332 g/mol. The molecule has 3 aliphatic rings. The van der Waals surface area contributed by atoms with Crippen molar-refractivity contribution < 1.29 is 14.4 Å². The van der Waals surface area contributed by atoms with E-state index in [0.29, 0.717) is 11.6 Å². The van der Waals surface area contributed by atoms with Gasteiger partial charge < -0.3 is 0 Å². The van der Waals surface area contributed by atoms with Crippen LogP contribution in [-0.2, 0) is 14.4 Å². The Morgan fingerprint density at radius 1 is 1.35 bits per heavy atom. The lowest BCUT2D eigenvalue weighted by atomic mass is 9.85. The summed E-state index contributed by atoms with van der Waals surface area (Å²) in [5.41, 5.74) is 1.51. The quantitative estimate of drug-likeness (QED) is 0.657. The molecule has 3 amide bonds. The third kappa shape index (κ3) is 2.04. The largest absolute Gasteiger partial charge is 0.299 e. The molecule has 0 radical (unpaired) electrons. The number of carbonyl (C=O) groups excluding carboxylic acids is 3. The summed E-state index contributed by atoms with van der Waals surface area (Å²) in [6.45, 7) is 1.80. The first-order valence-corrected chi connectivity index (χ1v) is 8.62. The first-order chi connectivity index (χ1) is 11.1. The fourth-order valence-electron chi connectivity index (χ4n) is 4.13. The Labute approximate surface area is 136 Å². The van der Waals surface area contributed by atoms with E-state index in [9.17, 15) is 14.4 Å². The predicted molar refractivity (Wildman–Crippen MR) is 82.2 cm³/mol. The van der Waals surface area contributed by atoms with E-state index in [-0.39, 0.29) is 41.4 Å². The van der Waals surface area contributed by atoms with Gasteiger partial charge in [0.25, 0.3) is 0 Å². The SMILES string of the molecule is CCC(C(=O)Nc1nncs1)N1C(=O)C2C3C=CC(C3)C2C1=O. The molecule has 120 valence electrons. The maximum atomic E-state index is 12.8. The van der Waals surface area contributed by atoms with E-state index in [4.69, 9.17) is 0 Å². The highest BCUT2D eigenvalue weighted by Crippen LogP contribution is 2.52. The molecule has 1 aromatic rings. The van der Waals surface area contributed by atoms with E-state index in [0.717, 1.165) is 6.42 Å². The standard InChI is InChI=1S/C15H16N4O3S/c1-2-9(12(20)17-15-18-16-6-23-15)19-13(21)10-7-3-4-8(5-7)11(10)14(19)22/h3-4,6-11H,2,5H2,1H3,(H,17,18,20). The van der Waals surface area contributed by atoms with Crippen molar-refractivity contribution >= 4 is 34.2 Å². The molecule has 23 heavy (non-hydrogen) atoms. The minimum absolute atomic E-state index is 0.148. The fraction of sp³-hybridized carbons (Fsp3) is 0.533. The van der Waals surface area contributed by atoms with Crippen LogP contribution in [0.3, 0.4) is 0 Å². The molecule has 1 aromatic heterocycles. The van der Waals surface area contributed by atoms with E-state index in [1.54, 1.807) is 6.92 Å². The van der Waals surface area contributed by atoms with Crippen molar-refractivity contribution in [3.63, 3.8) is 0 Å². The molecule has 0 spiro atoms. The summed E-state index contributed by atoms with van der Waals surface area (Å²) in [6.07, 6.45) is 5.35. The van der Waals surface area contributed by atoms with Gasteiger partial charge in [-0.2, -0.15) is 0 Å². The van der Waals surface area contributed by atoms with Gasteiger partial charge in [-0.15, -0.1) is 10.2 Å². The van der Waals surface area contributed by atoms with Gasteiger partial charge in [0.15, 0.2) is 0 Å². The Morgan fingerprint density at radius 3 is 2.52 bits per heavy atom. The molecule has 2 bridgehead atoms. The molecule has 4 rings (SSSR count). The van der Waals surface area contributed by atoms with E-state index in [2.05, 4.69) is 15.5 Å². The van der Waals surface area contributed by atoms with Gasteiger partial charge in [-0.25, -0.2) is 0 Å². The molecule has 1 saturated heterocycles. The Balaban J connectivity index is 1.58. The van der Waals surface area contributed by atoms with Crippen LogP contribution in [0.2, 0.25) is 0 Å². The number of likely N-dealkylation sites (tertiary alicyclic amines) is 1. The molecule has 2 aliphatic carbocycles. The molecule has 1 saturated carbocycles. The number of anilines is 1. The van der Waals surface area contributed by atoms with Gasteiger partial charge in [-0.1, -0.05) is 30.4 Å². The number of aromatic nitrogens is 2. The third-order valence-electron chi connectivity index (χ3n) is 5.10. The van der Waals surface area contributed by atoms with Gasteiger partial charge in [-0.05, 0) is 24.7 Å². The Morgan fingerprint density at radius 2 is 2.00 bits per heavy atom. The van der Waals surface area contributed by atoms with E-state index in [1.165, 1.54) is 21.7 Å². The number of hydrogen-bond donors (Lipinski definition) is 1. The highest BCUT2D eigenvalue weighted by Gasteiger charge is 2.60. The molecule has 5 atom stereocenters. The Hall–Kier alpha value is -2.09. The van der Waals surface area contributed by atoms with Crippen LogP contribution in [0.4, 0.5) is 5.13 Å². The summed E-state index contributed by atoms with van der Waals surface area (Å²) < 4.78 is 0. The Bertz CT molecular complexity index is 672. The first kappa shape index (κ1) is 14.5. The van der Waals surface area contributed by atoms with Crippen LogP contribution in [0.5, 0.6) is 0 Å². The number of amides is 3. The van der Waals surface area contributed by atoms with Gasteiger partial charge >= 0.3 is 0 Å². The number of carbonyl (C=O) groups is 3. The lowest BCUT2D eigenvalue weighted by molar-refractivity contribution is -0.147. The molecule has 8 heteroatoms. The van der Waals surface area contributed by atoms with Crippen LogP contribution in [0.1, 0.15) is 19.8 Å². The number of imide groups is 1. The van der Waals surface area contributed by atoms with Crippen molar-refractivity contribution in [3.05, 3.63) is 17.7 Å². The van der Waals surface area contributed by atoms with Crippen molar-refractivity contribution in [2.75, 3.05) is 5.32 Å². The molecule has 2 heterocycles. The second kappa shape index (κ2) is 5.23. The summed E-state index contributed by atoms with van der Waals surface area (Å²) in [4.78, 5) is 39.2. The molecule has 5 unspecified atom stereocenters. The van der Waals surface area contributed by atoms with Crippen LogP contribution in [0, 0.1) is 23.7 Å². The van der Waals surface area contributed by atoms with Gasteiger partial charge in [-0.3, -0.25) is 24.6 Å². The Kier molecular flexibility index (Phi) is 3.29. The lowest BCUT2D eigenvalue weighted by Gasteiger charge is -2.25. The average Bonchev–Trinajstić information content (AvgIpc) is 3.28. The number of hydrogen-bond acceptors (Lipinski definition) is 6. The van der Waals surface area contributed by atoms with Crippen molar-refractivity contribution in [2.24, 2.45) is 23.7 Å². The summed E-state index contributed by atoms with van der Waals surface area (Å²) in [5.74, 6) is -1.04. The van der Waals surface area contributed by atoms with Gasteiger partial charge in [0.1, 0.15) is 11.6 Å².